The highest BCUT2D eigenvalue weighted by Crippen LogP contribution is 2.34. The van der Waals surface area contributed by atoms with Crippen LogP contribution in [0.3, 0.4) is 0 Å². The van der Waals surface area contributed by atoms with E-state index >= 15 is 0 Å². The number of likely N-dealkylation sites (N-methyl/N-ethyl adjacent to an activating group) is 1. The van der Waals surface area contributed by atoms with Crippen molar-refractivity contribution in [3.05, 3.63) is 0 Å². The summed E-state index contributed by atoms with van der Waals surface area (Å²) in [6.07, 6.45) is 6.37. The summed E-state index contributed by atoms with van der Waals surface area (Å²) in [7, 11) is 4.24. The van der Waals surface area contributed by atoms with Crippen LogP contribution < -0.4 is 10.6 Å². The molecule has 0 radical (unpaired) electrons. The quantitative estimate of drug-likeness (QED) is 0.839. The summed E-state index contributed by atoms with van der Waals surface area (Å²) in [6, 6.07) is 0.843. The standard InChI is InChI=1S/C18H35N3O/c1-17(2)11-13(12-18(3,4)20-17)10-16(22)19-14-8-7-9-15(14)21(5)6/h13-15,20H,7-12H2,1-6H3,(H,19,22)/t14-,15-/m1/s1. The summed E-state index contributed by atoms with van der Waals surface area (Å²) in [5.41, 5.74) is 0.235. The molecule has 2 aliphatic rings. The summed E-state index contributed by atoms with van der Waals surface area (Å²) in [4.78, 5) is 14.8. The van der Waals surface area contributed by atoms with Gasteiger partial charge in [0.2, 0.25) is 5.91 Å². The molecule has 1 saturated carbocycles. The Hall–Kier alpha value is -0.610. The maximum Gasteiger partial charge on any atom is 0.220 e. The fourth-order valence-corrected chi connectivity index (χ4v) is 4.93. The van der Waals surface area contributed by atoms with Gasteiger partial charge in [0.15, 0.2) is 0 Å². The largest absolute Gasteiger partial charge is 0.352 e. The van der Waals surface area contributed by atoms with E-state index in [0.717, 1.165) is 19.3 Å². The lowest BCUT2D eigenvalue weighted by molar-refractivity contribution is -0.123. The Labute approximate surface area is 136 Å². The van der Waals surface area contributed by atoms with Crippen molar-refractivity contribution < 1.29 is 4.79 Å². The van der Waals surface area contributed by atoms with Crippen LogP contribution in [0.4, 0.5) is 0 Å². The first kappa shape index (κ1) is 17.7. The number of hydrogen-bond acceptors (Lipinski definition) is 3. The van der Waals surface area contributed by atoms with Crippen LogP contribution >= 0.6 is 0 Å². The molecule has 1 aliphatic carbocycles. The average molecular weight is 309 g/mol. The fourth-order valence-electron chi connectivity index (χ4n) is 4.93. The molecule has 0 aromatic heterocycles. The second-order valence-corrected chi connectivity index (χ2v) is 9.01. The molecule has 0 aromatic carbocycles. The monoisotopic (exact) mass is 309 g/mol. The topological polar surface area (TPSA) is 44.4 Å². The highest BCUT2D eigenvalue weighted by atomic mass is 16.1. The Kier molecular flexibility index (Phi) is 5.23. The molecule has 1 heterocycles. The molecule has 0 aromatic rings. The molecule has 2 atom stereocenters. The first-order valence-electron chi connectivity index (χ1n) is 8.83. The van der Waals surface area contributed by atoms with E-state index in [2.05, 4.69) is 57.3 Å². The van der Waals surface area contributed by atoms with E-state index in [9.17, 15) is 4.79 Å². The van der Waals surface area contributed by atoms with Crippen molar-refractivity contribution in [2.45, 2.75) is 89.4 Å². The van der Waals surface area contributed by atoms with Gasteiger partial charge in [-0.3, -0.25) is 4.79 Å². The molecule has 1 aliphatic heterocycles. The summed E-state index contributed by atoms with van der Waals surface area (Å²) >= 11 is 0. The van der Waals surface area contributed by atoms with E-state index in [0.29, 0.717) is 24.4 Å². The first-order chi connectivity index (χ1) is 10.1. The van der Waals surface area contributed by atoms with Crippen molar-refractivity contribution in [1.29, 1.82) is 0 Å². The Bertz CT molecular complexity index is 387. The molecule has 128 valence electrons. The summed E-state index contributed by atoms with van der Waals surface area (Å²) in [5, 5.41) is 7.00. The normalized spacial score (nSPS) is 31.4. The molecule has 4 nitrogen and oxygen atoms in total. The molecule has 1 saturated heterocycles. The lowest BCUT2D eigenvalue weighted by Crippen LogP contribution is -2.58. The Morgan fingerprint density at radius 3 is 2.27 bits per heavy atom. The minimum absolute atomic E-state index is 0.117. The number of nitrogens with one attached hydrogen (secondary N) is 2. The van der Waals surface area contributed by atoms with Crippen LogP contribution in [-0.4, -0.2) is 48.1 Å². The van der Waals surface area contributed by atoms with Gasteiger partial charge in [0.1, 0.15) is 0 Å². The molecular formula is C18H35N3O. The van der Waals surface area contributed by atoms with Crippen molar-refractivity contribution in [3.63, 3.8) is 0 Å². The van der Waals surface area contributed by atoms with Gasteiger partial charge in [-0.1, -0.05) is 0 Å². The molecule has 22 heavy (non-hydrogen) atoms. The van der Waals surface area contributed by atoms with Crippen molar-refractivity contribution in [2.24, 2.45) is 5.92 Å². The van der Waals surface area contributed by atoms with Crippen LogP contribution in [0.2, 0.25) is 0 Å². The number of piperidine rings is 1. The predicted octanol–water partition coefficient (Wildman–Crippen LogP) is 2.53. The third kappa shape index (κ3) is 4.69. The minimum atomic E-state index is 0.117. The van der Waals surface area contributed by atoms with Crippen LogP contribution in [-0.2, 0) is 4.79 Å². The van der Waals surface area contributed by atoms with E-state index in [4.69, 9.17) is 0 Å². The van der Waals surface area contributed by atoms with Crippen molar-refractivity contribution in [1.82, 2.24) is 15.5 Å². The molecule has 2 N–H and O–H groups in total. The molecule has 2 rings (SSSR count). The lowest BCUT2D eigenvalue weighted by Gasteiger charge is -2.46. The van der Waals surface area contributed by atoms with Crippen LogP contribution in [0.15, 0.2) is 0 Å². The van der Waals surface area contributed by atoms with Gasteiger partial charge in [-0.15, -0.1) is 0 Å². The smallest absolute Gasteiger partial charge is 0.220 e. The van der Waals surface area contributed by atoms with Crippen molar-refractivity contribution in [3.8, 4) is 0 Å². The first-order valence-corrected chi connectivity index (χ1v) is 8.83. The van der Waals surface area contributed by atoms with Gasteiger partial charge >= 0.3 is 0 Å². The zero-order valence-corrected chi connectivity index (χ0v) is 15.3. The third-order valence-corrected chi connectivity index (χ3v) is 5.24. The Morgan fingerprint density at radius 2 is 1.73 bits per heavy atom. The highest BCUT2D eigenvalue weighted by Gasteiger charge is 2.38. The zero-order chi connectivity index (χ0) is 16.5. The van der Waals surface area contributed by atoms with E-state index < -0.39 is 0 Å². The van der Waals surface area contributed by atoms with E-state index in [1.165, 1.54) is 12.8 Å². The van der Waals surface area contributed by atoms with E-state index in [1.807, 2.05) is 0 Å². The Balaban J connectivity index is 1.89. The summed E-state index contributed by atoms with van der Waals surface area (Å²) in [6.45, 7) is 8.99. The van der Waals surface area contributed by atoms with E-state index in [1.54, 1.807) is 0 Å². The van der Waals surface area contributed by atoms with Crippen LogP contribution in [0, 0.1) is 5.92 Å². The number of rotatable bonds is 4. The highest BCUT2D eigenvalue weighted by molar-refractivity contribution is 5.76. The van der Waals surface area contributed by atoms with E-state index in [-0.39, 0.29) is 17.0 Å². The fraction of sp³-hybridized carbons (Fsp3) is 0.944. The predicted molar refractivity (Wildman–Crippen MR) is 91.9 cm³/mol. The van der Waals surface area contributed by atoms with Crippen molar-refractivity contribution >= 4 is 5.91 Å². The molecule has 0 unspecified atom stereocenters. The number of amides is 1. The zero-order valence-electron chi connectivity index (χ0n) is 15.3. The van der Waals surface area contributed by atoms with Crippen LogP contribution in [0.25, 0.3) is 0 Å². The maximum absolute atomic E-state index is 12.5. The molecule has 1 amide bonds. The molecule has 0 bridgehead atoms. The minimum Gasteiger partial charge on any atom is -0.352 e. The van der Waals surface area contributed by atoms with Crippen LogP contribution in [0.5, 0.6) is 0 Å². The summed E-state index contributed by atoms with van der Waals surface area (Å²) < 4.78 is 0. The van der Waals surface area contributed by atoms with Gasteiger partial charge in [-0.2, -0.15) is 0 Å². The second-order valence-electron chi connectivity index (χ2n) is 9.01. The van der Waals surface area contributed by atoms with Gasteiger partial charge in [0.05, 0.1) is 0 Å². The van der Waals surface area contributed by atoms with Gasteiger partial charge < -0.3 is 15.5 Å². The second kappa shape index (κ2) is 6.48. The molecule has 0 spiro atoms. The number of carbonyl (C=O) groups is 1. The van der Waals surface area contributed by atoms with Gasteiger partial charge in [0, 0.05) is 29.6 Å². The number of nitrogens with zero attached hydrogens (tertiary/aromatic N) is 1. The van der Waals surface area contributed by atoms with Gasteiger partial charge in [0.25, 0.3) is 0 Å². The maximum atomic E-state index is 12.5. The molecule has 4 heteroatoms. The van der Waals surface area contributed by atoms with Gasteiger partial charge in [-0.25, -0.2) is 0 Å². The molecular weight excluding hydrogens is 274 g/mol. The van der Waals surface area contributed by atoms with Gasteiger partial charge in [-0.05, 0) is 79.8 Å². The van der Waals surface area contributed by atoms with Crippen LogP contribution in [0.1, 0.15) is 66.2 Å². The Morgan fingerprint density at radius 1 is 1.14 bits per heavy atom. The molecule has 2 fully saturated rings. The average Bonchev–Trinajstić information content (AvgIpc) is 2.71. The number of hydrogen-bond donors (Lipinski definition) is 2. The SMILES string of the molecule is CN(C)[C@@H]1CCC[C@H]1NC(=O)CC1CC(C)(C)NC(C)(C)C1. The third-order valence-electron chi connectivity index (χ3n) is 5.24. The van der Waals surface area contributed by atoms with Crippen molar-refractivity contribution in [2.75, 3.05) is 14.1 Å². The lowest BCUT2D eigenvalue weighted by atomic mass is 9.74. The summed E-state index contributed by atoms with van der Waals surface area (Å²) in [5.74, 6) is 0.725. The number of carbonyl (C=O) groups excluding carboxylic acids is 1.